The van der Waals surface area contributed by atoms with Crippen LogP contribution in [0.25, 0.3) is 16.9 Å². The first-order valence-electron chi connectivity index (χ1n) is 6.29. The molecule has 3 aromatic rings. The fourth-order valence-corrected chi connectivity index (χ4v) is 2.34. The van der Waals surface area contributed by atoms with E-state index in [0.29, 0.717) is 10.7 Å². The van der Waals surface area contributed by atoms with Crippen molar-refractivity contribution >= 4 is 11.6 Å². The SMILES string of the molecule is OCc1cn(-c2ccccc2)nc1-c1ccccc1Cl. The number of rotatable bonds is 3. The van der Waals surface area contributed by atoms with E-state index in [4.69, 9.17) is 11.6 Å². The van der Waals surface area contributed by atoms with Gasteiger partial charge in [-0.1, -0.05) is 48.0 Å². The predicted octanol–water partition coefficient (Wildman–Crippen LogP) is 3.69. The van der Waals surface area contributed by atoms with Crippen molar-refractivity contribution in [1.82, 2.24) is 9.78 Å². The zero-order chi connectivity index (χ0) is 13.9. The second-order valence-electron chi connectivity index (χ2n) is 4.42. The number of nitrogens with zero attached hydrogens (tertiary/aromatic N) is 2. The Bertz CT molecular complexity index is 722. The van der Waals surface area contributed by atoms with Gasteiger partial charge in [-0.3, -0.25) is 0 Å². The minimum Gasteiger partial charge on any atom is -0.392 e. The van der Waals surface area contributed by atoms with E-state index in [1.165, 1.54) is 0 Å². The maximum atomic E-state index is 9.53. The molecule has 1 N–H and O–H groups in total. The molecule has 0 radical (unpaired) electrons. The van der Waals surface area contributed by atoms with Gasteiger partial charge in [0.25, 0.3) is 0 Å². The molecule has 0 amide bonds. The van der Waals surface area contributed by atoms with E-state index in [1.807, 2.05) is 60.8 Å². The van der Waals surface area contributed by atoms with Crippen molar-refractivity contribution in [3.8, 4) is 16.9 Å². The Hall–Kier alpha value is -2.10. The summed E-state index contributed by atoms with van der Waals surface area (Å²) in [6.07, 6.45) is 1.83. The van der Waals surface area contributed by atoms with Gasteiger partial charge in [-0.2, -0.15) is 5.10 Å². The first-order valence-corrected chi connectivity index (χ1v) is 6.67. The Kier molecular flexibility index (Phi) is 3.54. The molecule has 0 unspecified atom stereocenters. The van der Waals surface area contributed by atoms with Crippen LogP contribution in [0.1, 0.15) is 5.56 Å². The maximum Gasteiger partial charge on any atom is 0.0997 e. The highest BCUT2D eigenvalue weighted by molar-refractivity contribution is 6.33. The van der Waals surface area contributed by atoms with E-state index in [9.17, 15) is 5.11 Å². The summed E-state index contributed by atoms with van der Waals surface area (Å²) < 4.78 is 1.75. The lowest BCUT2D eigenvalue weighted by Gasteiger charge is -2.02. The quantitative estimate of drug-likeness (QED) is 0.797. The zero-order valence-corrected chi connectivity index (χ0v) is 11.5. The summed E-state index contributed by atoms with van der Waals surface area (Å²) >= 11 is 6.21. The van der Waals surface area contributed by atoms with Gasteiger partial charge in [0.15, 0.2) is 0 Å². The van der Waals surface area contributed by atoms with Crippen LogP contribution in [-0.4, -0.2) is 14.9 Å². The molecule has 100 valence electrons. The Labute approximate surface area is 122 Å². The maximum absolute atomic E-state index is 9.53. The van der Waals surface area contributed by atoms with Gasteiger partial charge < -0.3 is 5.11 Å². The Morgan fingerprint density at radius 1 is 1.00 bits per heavy atom. The second-order valence-corrected chi connectivity index (χ2v) is 4.83. The number of benzene rings is 2. The lowest BCUT2D eigenvalue weighted by atomic mass is 10.1. The summed E-state index contributed by atoms with van der Waals surface area (Å²) in [7, 11) is 0. The van der Waals surface area contributed by atoms with Crippen LogP contribution in [0.2, 0.25) is 5.02 Å². The van der Waals surface area contributed by atoms with Crippen molar-refractivity contribution in [2.24, 2.45) is 0 Å². The fourth-order valence-electron chi connectivity index (χ4n) is 2.12. The van der Waals surface area contributed by atoms with E-state index in [0.717, 1.165) is 16.8 Å². The van der Waals surface area contributed by atoms with E-state index in [2.05, 4.69) is 5.10 Å². The summed E-state index contributed by atoms with van der Waals surface area (Å²) in [5.74, 6) is 0. The van der Waals surface area contributed by atoms with Crippen LogP contribution in [0.4, 0.5) is 0 Å². The van der Waals surface area contributed by atoms with Gasteiger partial charge >= 0.3 is 0 Å². The molecule has 1 aromatic heterocycles. The highest BCUT2D eigenvalue weighted by Crippen LogP contribution is 2.29. The van der Waals surface area contributed by atoms with Crippen molar-refractivity contribution in [2.75, 3.05) is 0 Å². The second kappa shape index (κ2) is 5.49. The number of aliphatic hydroxyl groups is 1. The number of aromatic nitrogens is 2. The third-order valence-electron chi connectivity index (χ3n) is 3.11. The normalized spacial score (nSPS) is 10.7. The number of hydrogen-bond donors (Lipinski definition) is 1. The molecule has 3 nitrogen and oxygen atoms in total. The van der Waals surface area contributed by atoms with E-state index in [1.54, 1.807) is 4.68 Å². The summed E-state index contributed by atoms with van der Waals surface area (Å²) in [4.78, 5) is 0. The summed E-state index contributed by atoms with van der Waals surface area (Å²) in [6, 6.07) is 17.3. The fraction of sp³-hybridized carbons (Fsp3) is 0.0625. The molecular formula is C16H13ClN2O. The monoisotopic (exact) mass is 284 g/mol. The molecule has 20 heavy (non-hydrogen) atoms. The predicted molar refractivity (Wildman–Crippen MR) is 79.9 cm³/mol. The van der Waals surface area contributed by atoms with Crippen LogP contribution in [-0.2, 0) is 6.61 Å². The van der Waals surface area contributed by atoms with Crippen LogP contribution in [0.15, 0.2) is 60.8 Å². The molecule has 0 aliphatic carbocycles. The van der Waals surface area contributed by atoms with Crippen molar-refractivity contribution in [3.05, 3.63) is 71.4 Å². The number of para-hydroxylation sites is 1. The first-order chi connectivity index (χ1) is 9.79. The van der Waals surface area contributed by atoms with Gasteiger partial charge in [0.1, 0.15) is 0 Å². The van der Waals surface area contributed by atoms with Gasteiger partial charge in [0, 0.05) is 17.3 Å². The van der Waals surface area contributed by atoms with Crippen LogP contribution in [0, 0.1) is 0 Å². The molecule has 3 rings (SSSR count). The number of halogens is 1. The Morgan fingerprint density at radius 2 is 1.70 bits per heavy atom. The third kappa shape index (κ3) is 2.33. The molecular weight excluding hydrogens is 272 g/mol. The van der Waals surface area contributed by atoms with Crippen molar-refractivity contribution < 1.29 is 5.11 Å². The summed E-state index contributed by atoms with van der Waals surface area (Å²) in [6.45, 7) is -0.0760. The summed E-state index contributed by atoms with van der Waals surface area (Å²) in [5.41, 5.74) is 3.23. The molecule has 4 heteroatoms. The Morgan fingerprint density at radius 3 is 2.40 bits per heavy atom. The molecule has 0 bridgehead atoms. The molecule has 0 spiro atoms. The van der Waals surface area contributed by atoms with Crippen LogP contribution < -0.4 is 0 Å². The zero-order valence-electron chi connectivity index (χ0n) is 10.7. The highest BCUT2D eigenvalue weighted by atomic mass is 35.5. The average molecular weight is 285 g/mol. The highest BCUT2D eigenvalue weighted by Gasteiger charge is 2.13. The van der Waals surface area contributed by atoms with Crippen molar-refractivity contribution in [1.29, 1.82) is 0 Å². The minimum atomic E-state index is -0.0760. The van der Waals surface area contributed by atoms with E-state index < -0.39 is 0 Å². The first kappa shape index (κ1) is 12.9. The average Bonchev–Trinajstić information content (AvgIpc) is 2.93. The molecule has 0 aliphatic rings. The number of aliphatic hydroxyl groups excluding tert-OH is 1. The standard InChI is InChI=1S/C16H13ClN2O/c17-15-9-5-4-8-14(15)16-12(11-20)10-19(18-16)13-6-2-1-3-7-13/h1-10,20H,11H2. The minimum absolute atomic E-state index is 0.0760. The largest absolute Gasteiger partial charge is 0.392 e. The van der Waals surface area contributed by atoms with Crippen LogP contribution in [0.5, 0.6) is 0 Å². The summed E-state index contributed by atoms with van der Waals surface area (Å²) in [5, 5.41) is 14.7. The molecule has 1 heterocycles. The molecule has 0 saturated carbocycles. The van der Waals surface area contributed by atoms with Crippen LogP contribution >= 0.6 is 11.6 Å². The van der Waals surface area contributed by atoms with Gasteiger partial charge in [-0.25, -0.2) is 4.68 Å². The molecule has 2 aromatic carbocycles. The van der Waals surface area contributed by atoms with Gasteiger partial charge in [0.05, 0.1) is 23.0 Å². The lowest BCUT2D eigenvalue weighted by Crippen LogP contribution is -1.94. The van der Waals surface area contributed by atoms with Crippen molar-refractivity contribution in [3.63, 3.8) is 0 Å². The topological polar surface area (TPSA) is 38.0 Å². The van der Waals surface area contributed by atoms with E-state index in [-0.39, 0.29) is 6.61 Å². The lowest BCUT2D eigenvalue weighted by molar-refractivity contribution is 0.282. The van der Waals surface area contributed by atoms with E-state index >= 15 is 0 Å². The van der Waals surface area contributed by atoms with Crippen molar-refractivity contribution in [2.45, 2.75) is 6.61 Å². The molecule has 0 fully saturated rings. The molecule has 0 atom stereocenters. The van der Waals surface area contributed by atoms with Gasteiger partial charge in [-0.05, 0) is 18.2 Å². The van der Waals surface area contributed by atoms with Gasteiger partial charge in [0.2, 0.25) is 0 Å². The number of hydrogen-bond acceptors (Lipinski definition) is 2. The molecule has 0 aliphatic heterocycles. The smallest absolute Gasteiger partial charge is 0.0997 e. The van der Waals surface area contributed by atoms with Crippen LogP contribution in [0.3, 0.4) is 0 Å². The third-order valence-corrected chi connectivity index (χ3v) is 3.44. The Balaban J connectivity index is 2.13. The molecule has 0 saturated heterocycles. The van der Waals surface area contributed by atoms with Gasteiger partial charge in [-0.15, -0.1) is 0 Å².